The molecule has 1 saturated heterocycles. The lowest BCUT2D eigenvalue weighted by molar-refractivity contribution is -0.122. The highest BCUT2D eigenvalue weighted by Crippen LogP contribution is 2.54. The fourth-order valence-electron chi connectivity index (χ4n) is 5.05. The molecule has 0 saturated carbocycles. The van der Waals surface area contributed by atoms with E-state index in [4.69, 9.17) is 4.74 Å². The third kappa shape index (κ3) is 4.57. The van der Waals surface area contributed by atoms with Gasteiger partial charge in [0.25, 0.3) is 0 Å². The van der Waals surface area contributed by atoms with Crippen LogP contribution in [0.25, 0.3) is 0 Å². The van der Waals surface area contributed by atoms with Crippen molar-refractivity contribution in [3.63, 3.8) is 0 Å². The van der Waals surface area contributed by atoms with E-state index in [9.17, 15) is 14.4 Å². The Bertz CT molecular complexity index is 1630. The second kappa shape index (κ2) is 10.1. The number of nitrogens with one attached hydrogen (secondary N) is 1. The molecule has 10 heteroatoms. The van der Waals surface area contributed by atoms with Gasteiger partial charge in [0, 0.05) is 25.3 Å². The summed E-state index contributed by atoms with van der Waals surface area (Å²) in [5.41, 5.74) is 3.45. The van der Waals surface area contributed by atoms with Gasteiger partial charge in [-0.05, 0) is 55.0 Å². The van der Waals surface area contributed by atoms with Crippen LogP contribution in [0.5, 0.6) is 5.75 Å². The molecule has 192 valence electrons. The third-order valence-corrected chi connectivity index (χ3v) is 10.1. The molecule has 2 aliphatic rings. The van der Waals surface area contributed by atoms with Crippen molar-refractivity contribution in [3.05, 3.63) is 107 Å². The normalized spacial score (nSPS) is 20.4. The van der Waals surface area contributed by atoms with Crippen molar-refractivity contribution in [1.82, 2.24) is 4.98 Å². The summed E-state index contributed by atoms with van der Waals surface area (Å²) in [7, 11) is 0. The first-order valence-corrected chi connectivity index (χ1v) is 15.1. The molecule has 38 heavy (non-hydrogen) atoms. The number of hydrogen-bond donors (Lipinski definition) is 1. The fourth-order valence-corrected chi connectivity index (χ4v) is 8.20. The molecule has 2 aliphatic heterocycles. The quantitative estimate of drug-likeness (QED) is 0.241. The van der Waals surface area contributed by atoms with Gasteiger partial charge in [0.1, 0.15) is 17.6 Å². The number of rotatable bonds is 5. The summed E-state index contributed by atoms with van der Waals surface area (Å²) in [6.07, 6.45) is 0. The lowest BCUT2D eigenvalue weighted by Gasteiger charge is -2.31. The number of H-pyrrole nitrogens is 1. The Hall–Kier alpha value is -2.66. The van der Waals surface area contributed by atoms with Gasteiger partial charge in [-0.1, -0.05) is 84.8 Å². The van der Waals surface area contributed by atoms with Crippen molar-refractivity contribution < 1.29 is 14.3 Å². The molecule has 6 rings (SSSR count). The lowest BCUT2D eigenvalue weighted by Crippen LogP contribution is -2.32. The number of fused-ring (bicyclic) bond motifs is 2. The van der Waals surface area contributed by atoms with Gasteiger partial charge >= 0.3 is 4.87 Å². The Labute approximate surface area is 243 Å². The summed E-state index contributed by atoms with van der Waals surface area (Å²) < 4.78 is 7.99. The smallest absolute Gasteiger partial charge is 0.305 e. The minimum atomic E-state index is -0.689. The van der Waals surface area contributed by atoms with Crippen LogP contribution in [0.1, 0.15) is 27.5 Å². The number of thiazole rings is 1. The topological polar surface area (TPSA) is 79.5 Å². The average molecular weight is 672 g/mol. The number of benzene rings is 3. The lowest BCUT2D eigenvalue weighted by atomic mass is 9.82. The van der Waals surface area contributed by atoms with Crippen LogP contribution >= 0.6 is 55.0 Å². The van der Waals surface area contributed by atoms with E-state index in [1.165, 1.54) is 16.7 Å². The predicted molar refractivity (Wildman–Crippen MR) is 156 cm³/mol. The zero-order chi connectivity index (χ0) is 26.6. The summed E-state index contributed by atoms with van der Waals surface area (Å²) >= 11 is 9.34. The highest BCUT2D eigenvalue weighted by atomic mass is 79.9. The third-order valence-electron chi connectivity index (χ3n) is 6.69. The average Bonchev–Trinajstić information content (AvgIpc) is 3.38. The Morgan fingerprint density at radius 3 is 2.47 bits per heavy atom. The number of imide groups is 1. The van der Waals surface area contributed by atoms with E-state index in [0.717, 1.165) is 41.8 Å². The van der Waals surface area contributed by atoms with Gasteiger partial charge in [-0.3, -0.25) is 14.4 Å². The van der Waals surface area contributed by atoms with E-state index in [1.807, 2.05) is 55.5 Å². The maximum atomic E-state index is 14.0. The van der Waals surface area contributed by atoms with Crippen molar-refractivity contribution in [2.24, 2.45) is 5.92 Å². The maximum absolute atomic E-state index is 14.0. The number of hydrogen-bond acceptors (Lipinski definition) is 6. The van der Waals surface area contributed by atoms with Gasteiger partial charge in [0.2, 0.25) is 11.8 Å². The van der Waals surface area contributed by atoms with E-state index in [2.05, 4.69) is 42.9 Å². The molecule has 1 aromatic heterocycles. The molecular weight excluding hydrogens is 652 g/mol. The number of aryl methyl sites for hydroxylation is 1. The molecule has 0 bridgehead atoms. The Morgan fingerprint density at radius 2 is 1.71 bits per heavy atom. The van der Waals surface area contributed by atoms with Crippen molar-refractivity contribution in [2.75, 3.05) is 4.90 Å². The van der Waals surface area contributed by atoms with E-state index < -0.39 is 17.1 Å². The number of nitrogens with zero attached hydrogens (tertiary/aromatic N) is 1. The number of amides is 2. The van der Waals surface area contributed by atoms with E-state index in [-0.39, 0.29) is 16.7 Å². The minimum absolute atomic E-state index is 0.214. The number of ether oxygens (including phenoxy) is 1. The molecule has 0 unspecified atom stereocenters. The number of anilines is 1. The van der Waals surface area contributed by atoms with Crippen molar-refractivity contribution >= 4 is 72.5 Å². The maximum Gasteiger partial charge on any atom is 0.305 e. The van der Waals surface area contributed by atoms with Crippen LogP contribution in [-0.2, 0) is 16.2 Å². The number of carbonyl (C=O) groups is 2. The van der Waals surface area contributed by atoms with Gasteiger partial charge in [0.15, 0.2) is 0 Å². The predicted octanol–water partition coefficient (Wildman–Crippen LogP) is 6.64. The van der Waals surface area contributed by atoms with Gasteiger partial charge in [0.05, 0.1) is 16.6 Å². The fraction of sp³-hybridized carbons (Fsp3) is 0.179. The molecule has 2 amide bonds. The Kier molecular flexibility index (Phi) is 6.84. The van der Waals surface area contributed by atoms with Gasteiger partial charge in [-0.2, -0.15) is 0 Å². The molecule has 0 aliphatic carbocycles. The van der Waals surface area contributed by atoms with Crippen molar-refractivity contribution in [3.8, 4) is 5.75 Å². The first-order valence-electron chi connectivity index (χ1n) is 11.8. The van der Waals surface area contributed by atoms with Crippen molar-refractivity contribution in [2.45, 2.75) is 29.7 Å². The summed E-state index contributed by atoms with van der Waals surface area (Å²) in [5, 5.41) is -0.0350. The molecule has 1 fully saturated rings. The van der Waals surface area contributed by atoms with Crippen LogP contribution in [0.2, 0.25) is 0 Å². The molecule has 1 N–H and O–H groups in total. The van der Waals surface area contributed by atoms with Crippen LogP contribution in [0.15, 0.2) is 85.5 Å². The number of thioether (sulfide) groups is 1. The highest BCUT2D eigenvalue weighted by molar-refractivity contribution is 9.10. The highest BCUT2D eigenvalue weighted by Gasteiger charge is 2.56. The van der Waals surface area contributed by atoms with Crippen LogP contribution in [-0.4, -0.2) is 22.0 Å². The van der Waals surface area contributed by atoms with E-state index >= 15 is 0 Å². The van der Waals surface area contributed by atoms with Crippen LogP contribution < -0.4 is 14.5 Å². The zero-order valence-electron chi connectivity index (χ0n) is 19.9. The number of aromatic nitrogens is 1. The first-order chi connectivity index (χ1) is 18.3. The van der Waals surface area contributed by atoms with Crippen LogP contribution in [0.4, 0.5) is 5.69 Å². The molecule has 0 radical (unpaired) electrons. The molecule has 3 heterocycles. The molecular formula is C28H20Br2N2O4S2. The largest absolute Gasteiger partial charge is 0.489 e. The van der Waals surface area contributed by atoms with E-state index in [1.54, 1.807) is 12.1 Å². The Morgan fingerprint density at radius 1 is 0.947 bits per heavy atom. The van der Waals surface area contributed by atoms with Crippen LogP contribution in [0.3, 0.4) is 0 Å². The monoisotopic (exact) mass is 670 g/mol. The zero-order valence-corrected chi connectivity index (χ0v) is 24.7. The van der Waals surface area contributed by atoms with Crippen LogP contribution in [0, 0.1) is 12.8 Å². The van der Waals surface area contributed by atoms with Gasteiger partial charge in [-0.25, -0.2) is 4.90 Å². The first kappa shape index (κ1) is 25.6. The standard InChI is InChI=1S/C28H20Br2N2O4S2/c1-14-3-2-4-15(11-14)13-36-20-10-7-17(30)12-19(20)21-22-24(37-25-23(21)38-28(35)31-25)27(34)32(26(22)33)18-8-5-16(29)6-9-18/h2-12,21-22,24H,13H2,1H3,(H,31,35)/t21-,22-,24+/m0/s1. The molecule has 0 spiro atoms. The number of carbonyl (C=O) groups excluding carboxylic acids is 2. The summed E-state index contributed by atoms with van der Waals surface area (Å²) in [6, 6.07) is 20.9. The summed E-state index contributed by atoms with van der Waals surface area (Å²) in [5.74, 6) is -1.17. The second-order valence-corrected chi connectivity index (χ2v) is 13.2. The molecule has 3 atom stereocenters. The summed E-state index contributed by atoms with van der Waals surface area (Å²) in [6.45, 7) is 2.38. The Balaban J connectivity index is 1.45. The summed E-state index contributed by atoms with van der Waals surface area (Å²) in [4.78, 5) is 44.8. The van der Waals surface area contributed by atoms with Gasteiger partial charge < -0.3 is 9.72 Å². The molecule has 4 aromatic rings. The number of halogens is 2. The minimum Gasteiger partial charge on any atom is -0.489 e. The second-order valence-electron chi connectivity index (χ2n) is 9.20. The number of aromatic amines is 1. The molecule has 3 aromatic carbocycles. The van der Waals surface area contributed by atoms with E-state index in [0.29, 0.717) is 23.1 Å². The van der Waals surface area contributed by atoms with Gasteiger partial charge in [-0.15, -0.1) is 0 Å². The SMILES string of the molecule is Cc1cccc(COc2ccc(Br)cc2[C@@H]2c3sc(=O)[nH]c3S[C@H]3C(=O)N(c4ccc(Br)cc4)C(=O)[C@@H]23)c1. The molecule has 6 nitrogen and oxygen atoms in total. The van der Waals surface area contributed by atoms with Crippen molar-refractivity contribution in [1.29, 1.82) is 0 Å².